The van der Waals surface area contributed by atoms with E-state index in [-0.39, 0.29) is 0 Å². The Balaban J connectivity index is 1.47. The Morgan fingerprint density at radius 3 is 1.42 bits per heavy atom. The van der Waals surface area contributed by atoms with Crippen molar-refractivity contribution in [1.29, 1.82) is 0 Å². The lowest BCUT2D eigenvalue weighted by molar-refractivity contribution is -0.688. The molecule has 0 aliphatic carbocycles. The smallest absolute Gasteiger partial charge is 0.173 e. The molecule has 3 heterocycles. The summed E-state index contributed by atoms with van der Waals surface area (Å²) >= 11 is 0. The Kier molecular flexibility index (Phi) is 4.93. The Morgan fingerprint density at radius 1 is 0.613 bits per heavy atom. The van der Waals surface area contributed by atoms with Gasteiger partial charge >= 0.3 is 0 Å². The van der Waals surface area contributed by atoms with Crippen molar-refractivity contribution in [3.8, 4) is 0 Å². The average Bonchev–Trinajstić information content (AvgIpc) is 3.17. The van der Waals surface area contributed by atoms with E-state index in [2.05, 4.69) is 113 Å². The number of aromatic nitrogens is 3. The van der Waals surface area contributed by atoms with Crippen LogP contribution in [0.25, 0.3) is 34.0 Å². The van der Waals surface area contributed by atoms with Crippen LogP contribution in [0.3, 0.4) is 0 Å². The second kappa shape index (κ2) is 8.04. The van der Waals surface area contributed by atoms with Crippen LogP contribution in [0.2, 0.25) is 0 Å². The highest BCUT2D eigenvalue weighted by atomic mass is 14.9. The molecule has 3 aromatic heterocycles. The fourth-order valence-electron chi connectivity index (χ4n) is 4.03. The van der Waals surface area contributed by atoms with Crippen LogP contribution in [0.15, 0.2) is 98.6 Å². The minimum Gasteiger partial charge on any atom is -0.355 e. The highest BCUT2D eigenvalue weighted by Gasteiger charge is 2.10. The van der Waals surface area contributed by atoms with Gasteiger partial charge in [-0.3, -0.25) is 0 Å². The van der Waals surface area contributed by atoms with Gasteiger partial charge < -0.3 is 4.98 Å². The topological polar surface area (TPSA) is 23.5 Å². The minimum atomic E-state index is 0.839. The summed E-state index contributed by atoms with van der Waals surface area (Å²) in [5.74, 6) is 0. The molecule has 0 atom stereocenters. The third kappa shape index (κ3) is 3.90. The summed E-state index contributed by atoms with van der Waals surface area (Å²) in [6.07, 6.45) is 12.1. The number of pyridine rings is 2. The van der Waals surface area contributed by atoms with E-state index in [1.54, 1.807) is 0 Å². The number of nitrogens with one attached hydrogen (secondary N) is 1. The van der Waals surface area contributed by atoms with Gasteiger partial charge in [-0.2, -0.15) is 0 Å². The number of fused-ring (bicyclic) bond motifs is 3. The standard InChI is InChI=1S/C28H25N3/c1-3-21-9-13-30(14-10-21)19-23-5-7-27-25(17-23)26-18-24(6-8-28(26)29-27)20-31-15-11-22(4-2)12-16-31/h3-18,29H,1-2,19-20H2/q+2. The van der Waals surface area contributed by atoms with E-state index in [0.29, 0.717) is 0 Å². The van der Waals surface area contributed by atoms with Crippen LogP contribution in [-0.4, -0.2) is 4.98 Å². The zero-order valence-corrected chi connectivity index (χ0v) is 17.5. The first-order chi connectivity index (χ1) is 15.2. The molecule has 2 aromatic carbocycles. The van der Waals surface area contributed by atoms with Gasteiger partial charge in [-0.25, -0.2) is 9.13 Å². The lowest BCUT2D eigenvalue weighted by Gasteiger charge is -2.01. The molecule has 0 amide bonds. The van der Waals surface area contributed by atoms with Gasteiger partial charge in [0.05, 0.1) is 0 Å². The number of rotatable bonds is 6. The van der Waals surface area contributed by atoms with Crippen LogP contribution in [0, 0.1) is 0 Å². The lowest BCUT2D eigenvalue weighted by atomic mass is 10.1. The van der Waals surface area contributed by atoms with Crippen LogP contribution in [-0.2, 0) is 13.1 Å². The lowest BCUT2D eigenvalue weighted by Crippen LogP contribution is -2.33. The van der Waals surface area contributed by atoms with Gasteiger partial charge in [0.15, 0.2) is 37.9 Å². The van der Waals surface area contributed by atoms with Crippen molar-refractivity contribution in [1.82, 2.24) is 4.98 Å². The molecule has 0 fully saturated rings. The van der Waals surface area contributed by atoms with E-state index < -0.39 is 0 Å². The van der Waals surface area contributed by atoms with Crippen molar-refractivity contribution in [2.24, 2.45) is 0 Å². The molecule has 5 rings (SSSR count). The fraction of sp³-hybridized carbons (Fsp3) is 0.0714. The molecule has 0 radical (unpaired) electrons. The normalized spacial score (nSPS) is 11.1. The van der Waals surface area contributed by atoms with Gasteiger partial charge in [-0.15, -0.1) is 0 Å². The molecular formula is C28H25N3+2. The zero-order valence-electron chi connectivity index (χ0n) is 17.5. The molecule has 0 bridgehead atoms. The molecule has 0 aliphatic heterocycles. The molecule has 150 valence electrons. The predicted molar refractivity (Wildman–Crippen MR) is 127 cm³/mol. The average molecular weight is 404 g/mol. The molecule has 5 aromatic rings. The van der Waals surface area contributed by atoms with Gasteiger partial charge in [-0.1, -0.05) is 37.4 Å². The number of hydrogen-bond donors (Lipinski definition) is 1. The van der Waals surface area contributed by atoms with Crippen LogP contribution >= 0.6 is 0 Å². The van der Waals surface area contributed by atoms with Crippen LogP contribution in [0.4, 0.5) is 0 Å². The van der Waals surface area contributed by atoms with Crippen molar-refractivity contribution in [3.05, 3.63) is 121 Å². The molecule has 0 saturated heterocycles. The molecule has 1 N–H and O–H groups in total. The quantitative estimate of drug-likeness (QED) is 0.373. The molecule has 0 spiro atoms. The molecule has 3 nitrogen and oxygen atoms in total. The Labute approximate surface area is 182 Å². The SMILES string of the molecule is C=Cc1cc[n+](Cc2ccc3[nH]c4ccc(C[n+]5ccc(C=C)cc5)cc4c3c2)cc1. The molecule has 3 heteroatoms. The van der Waals surface area contributed by atoms with Crippen molar-refractivity contribution in [2.45, 2.75) is 13.1 Å². The van der Waals surface area contributed by atoms with Gasteiger partial charge in [0.2, 0.25) is 0 Å². The van der Waals surface area contributed by atoms with E-state index >= 15 is 0 Å². The Hall–Kier alpha value is -3.98. The van der Waals surface area contributed by atoms with E-state index in [1.165, 1.54) is 32.9 Å². The van der Waals surface area contributed by atoms with Crippen LogP contribution < -0.4 is 9.13 Å². The summed E-state index contributed by atoms with van der Waals surface area (Å²) in [6, 6.07) is 21.7. The first-order valence-electron chi connectivity index (χ1n) is 10.5. The Morgan fingerprint density at radius 2 is 1.03 bits per heavy atom. The second-order valence-electron chi connectivity index (χ2n) is 7.90. The molecule has 0 aliphatic rings. The number of benzene rings is 2. The highest BCUT2D eigenvalue weighted by molar-refractivity contribution is 6.07. The van der Waals surface area contributed by atoms with E-state index in [9.17, 15) is 0 Å². The largest absolute Gasteiger partial charge is 0.355 e. The number of nitrogens with zero attached hydrogens (tertiary/aromatic N) is 2. The maximum absolute atomic E-state index is 3.82. The number of H-pyrrole nitrogens is 1. The highest BCUT2D eigenvalue weighted by Crippen LogP contribution is 2.27. The Bertz CT molecular complexity index is 1280. The number of hydrogen-bond acceptors (Lipinski definition) is 0. The maximum atomic E-state index is 3.82. The molecule has 0 unspecified atom stereocenters. The van der Waals surface area contributed by atoms with E-state index in [1.807, 2.05) is 12.2 Å². The van der Waals surface area contributed by atoms with Gasteiger partial charge in [0.1, 0.15) is 0 Å². The van der Waals surface area contributed by atoms with Crippen molar-refractivity contribution in [3.63, 3.8) is 0 Å². The third-order valence-electron chi connectivity index (χ3n) is 5.76. The van der Waals surface area contributed by atoms with E-state index in [0.717, 1.165) is 24.2 Å². The summed E-state index contributed by atoms with van der Waals surface area (Å²) < 4.78 is 4.38. The van der Waals surface area contributed by atoms with E-state index in [4.69, 9.17) is 0 Å². The fourth-order valence-corrected chi connectivity index (χ4v) is 4.03. The summed E-state index contributed by atoms with van der Waals surface area (Å²) in [5, 5.41) is 2.54. The van der Waals surface area contributed by atoms with Gasteiger partial charge in [0.25, 0.3) is 0 Å². The van der Waals surface area contributed by atoms with Crippen molar-refractivity contribution >= 4 is 34.0 Å². The minimum absolute atomic E-state index is 0.839. The third-order valence-corrected chi connectivity index (χ3v) is 5.76. The molecular weight excluding hydrogens is 378 g/mol. The van der Waals surface area contributed by atoms with Gasteiger partial charge in [0, 0.05) is 57.2 Å². The maximum Gasteiger partial charge on any atom is 0.173 e. The second-order valence-corrected chi connectivity index (χ2v) is 7.90. The summed E-state index contributed by atoms with van der Waals surface area (Å²) in [4.78, 5) is 3.55. The zero-order chi connectivity index (χ0) is 21.2. The monoisotopic (exact) mass is 403 g/mol. The predicted octanol–water partition coefficient (Wildman–Crippen LogP) is 5.28. The summed E-state index contributed by atoms with van der Waals surface area (Å²) in [5.41, 5.74) is 7.17. The van der Waals surface area contributed by atoms with Crippen molar-refractivity contribution < 1.29 is 9.13 Å². The van der Waals surface area contributed by atoms with Gasteiger partial charge in [-0.05, 0) is 35.4 Å². The molecule has 31 heavy (non-hydrogen) atoms. The number of aromatic amines is 1. The van der Waals surface area contributed by atoms with Crippen LogP contribution in [0.1, 0.15) is 22.3 Å². The summed E-state index contributed by atoms with van der Waals surface area (Å²) in [7, 11) is 0. The first-order valence-corrected chi connectivity index (χ1v) is 10.5. The van der Waals surface area contributed by atoms with Crippen LogP contribution in [0.5, 0.6) is 0 Å². The summed E-state index contributed by atoms with van der Waals surface area (Å²) in [6.45, 7) is 9.33. The molecule has 0 saturated carbocycles. The first kappa shape index (κ1) is 19.0. The van der Waals surface area contributed by atoms with Crippen molar-refractivity contribution in [2.75, 3.05) is 0 Å².